The summed E-state index contributed by atoms with van der Waals surface area (Å²) in [4.78, 5) is 60.7. The number of carboxylic acids is 1. The number of aliphatic carboxylic acids is 1. The van der Waals surface area contributed by atoms with E-state index in [1.165, 1.54) is 25.7 Å². The minimum atomic E-state index is -1.46. The van der Waals surface area contributed by atoms with Crippen LogP contribution in [0.4, 0.5) is 0 Å². The topological polar surface area (TPSA) is 160 Å². The lowest BCUT2D eigenvalue weighted by Crippen LogP contribution is -2.53. The van der Waals surface area contributed by atoms with Crippen LogP contribution in [-0.2, 0) is 26.2 Å². The molecule has 55 heavy (non-hydrogen) atoms. The third-order valence-corrected chi connectivity index (χ3v) is 9.59. The Hall–Kier alpha value is -5.58. The molecule has 0 radical (unpaired) electrons. The zero-order valence-corrected chi connectivity index (χ0v) is 32.3. The van der Waals surface area contributed by atoms with Crippen molar-refractivity contribution in [2.24, 2.45) is 0 Å². The van der Waals surface area contributed by atoms with Crippen LogP contribution in [0.5, 0.6) is 5.75 Å². The standard InChI is InChI=1S/C44H53N5O6/c1-5-6-7-8-9-24-55-36-22-16-30(17-23-36)33-27-45-40(46-28-33)31-12-10-29(11-13-31)25-37(48-41(51)32-14-18-34(19-15-32)44(2,3)4)42(52)49-38(43(53)54)26-39(50)47-35-20-21-35/h10-19,22-23,27-28,35,37-38H,5-9,20-21,24-26H2,1-4H3,(H,47,50)(H,48,51)(H,49,52)(H,53,54)/t37-,38-/m0/s1. The van der Waals surface area contributed by atoms with Crippen LogP contribution < -0.4 is 20.7 Å². The molecule has 1 aliphatic rings. The molecule has 0 spiro atoms. The molecule has 1 saturated carbocycles. The number of carbonyl (C=O) groups is 4. The van der Waals surface area contributed by atoms with E-state index in [9.17, 15) is 24.3 Å². The number of carbonyl (C=O) groups excluding carboxylic acids is 3. The Balaban J connectivity index is 1.25. The van der Waals surface area contributed by atoms with Gasteiger partial charge in [-0.05, 0) is 65.6 Å². The van der Waals surface area contributed by atoms with Crippen molar-refractivity contribution in [1.29, 1.82) is 0 Å². The van der Waals surface area contributed by atoms with Crippen molar-refractivity contribution < 1.29 is 29.0 Å². The normalized spacial score (nSPS) is 13.7. The quantitative estimate of drug-likeness (QED) is 0.0744. The van der Waals surface area contributed by atoms with Gasteiger partial charge in [0.1, 0.15) is 17.8 Å². The fraction of sp³-hybridized carbons (Fsp3) is 0.409. The monoisotopic (exact) mass is 747 g/mol. The zero-order chi connectivity index (χ0) is 39.4. The molecular formula is C44H53N5O6. The molecule has 1 aliphatic carbocycles. The highest BCUT2D eigenvalue weighted by atomic mass is 16.5. The Kier molecular flexibility index (Phi) is 14.1. The highest BCUT2D eigenvalue weighted by molar-refractivity contribution is 5.98. The molecule has 11 nitrogen and oxygen atoms in total. The van der Waals surface area contributed by atoms with E-state index in [1.807, 2.05) is 60.7 Å². The number of unbranched alkanes of at least 4 members (excludes halogenated alkanes) is 4. The largest absolute Gasteiger partial charge is 0.494 e. The summed E-state index contributed by atoms with van der Waals surface area (Å²) in [5.74, 6) is -1.63. The molecule has 4 N–H and O–H groups in total. The number of hydrogen-bond acceptors (Lipinski definition) is 7. The van der Waals surface area contributed by atoms with Gasteiger partial charge in [0.15, 0.2) is 5.82 Å². The minimum absolute atomic E-state index is 0.0490. The summed E-state index contributed by atoms with van der Waals surface area (Å²) in [6.07, 6.45) is 10.8. The van der Waals surface area contributed by atoms with Gasteiger partial charge in [-0.2, -0.15) is 0 Å². The number of rotatable bonds is 19. The molecule has 11 heteroatoms. The number of amides is 3. The van der Waals surface area contributed by atoms with Gasteiger partial charge in [0, 0.05) is 41.5 Å². The second kappa shape index (κ2) is 19.1. The molecule has 4 aromatic rings. The molecule has 0 aliphatic heterocycles. The molecular weight excluding hydrogens is 695 g/mol. The van der Waals surface area contributed by atoms with Crippen LogP contribution in [-0.4, -0.2) is 63.5 Å². The van der Waals surface area contributed by atoms with E-state index in [0.717, 1.165) is 47.3 Å². The molecule has 0 unspecified atom stereocenters. The Labute approximate surface area is 323 Å². The average molecular weight is 748 g/mol. The Bertz CT molecular complexity index is 1880. The number of nitrogens with zero attached hydrogens (tertiary/aromatic N) is 2. The van der Waals surface area contributed by atoms with Gasteiger partial charge >= 0.3 is 5.97 Å². The average Bonchev–Trinajstić information content (AvgIpc) is 4.00. The van der Waals surface area contributed by atoms with Gasteiger partial charge in [-0.3, -0.25) is 14.4 Å². The van der Waals surface area contributed by atoms with E-state index < -0.39 is 42.2 Å². The van der Waals surface area contributed by atoms with Gasteiger partial charge in [-0.25, -0.2) is 14.8 Å². The molecule has 0 saturated heterocycles. The predicted molar refractivity (Wildman–Crippen MR) is 213 cm³/mol. The van der Waals surface area contributed by atoms with Gasteiger partial charge in [0.2, 0.25) is 11.8 Å². The van der Waals surface area contributed by atoms with E-state index in [4.69, 9.17) is 4.74 Å². The highest BCUT2D eigenvalue weighted by Crippen LogP contribution is 2.25. The molecule has 5 rings (SSSR count). The SMILES string of the molecule is CCCCCCCOc1ccc(-c2cnc(-c3ccc(C[C@H](NC(=O)c4ccc(C(C)(C)C)cc4)C(=O)N[C@@H](CC(=O)NC4CC4)C(=O)O)cc3)nc2)cc1. The van der Waals surface area contributed by atoms with E-state index in [0.29, 0.717) is 23.6 Å². The molecule has 1 heterocycles. The van der Waals surface area contributed by atoms with E-state index in [2.05, 4.69) is 53.6 Å². The van der Waals surface area contributed by atoms with Crippen LogP contribution >= 0.6 is 0 Å². The first-order valence-electron chi connectivity index (χ1n) is 19.3. The maximum Gasteiger partial charge on any atom is 0.326 e. The summed E-state index contributed by atoms with van der Waals surface area (Å²) in [6.45, 7) is 9.14. The lowest BCUT2D eigenvalue weighted by molar-refractivity contribution is -0.143. The smallest absolute Gasteiger partial charge is 0.326 e. The number of benzene rings is 3. The number of ether oxygens (including phenoxy) is 1. The van der Waals surface area contributed by atoms with Crippen LogP contribution in [0.2, 0.25) is 0 Å². The first-order chi connectivity index (χ1) is 26.4. The number of nitrogens with one attached hydrogen (secondary N) is 3. The van der Waals surface area contributed by atoms with Crippen molar-refractivity contribution in [3.8, 4) is 28.3 Å². The van der Waals surface area contributed by atoms with Crippen molar-refractivity contribution in [3.63, 3.8) is 0 Å². The molecule has 0 bridgehead atoms. The highest BCUT2D eigenvalue weighted by Gasteiger charge is 2.31. The maximum atomic E-state index is 13.6. The van der Waals surface area contributed by atoms with E-state index >= 15 is 0 Å². The number of carboxylic acid groups (broad SMARTS) is 1. The zero-order valence-electron chi connectivity index (χ0n) is 32.3. The first-order valence-corrected chi connectivity index (χ1v) is 19.3. The van der Waals surface area contributed by atoms with Crippen LogP contribution in [0.1, 0.15) is 101 Å². The summed E-state index contributed by atoms with van der Waals surface area (Å²) in [5, 5.41) is 17.9. The molecule has 290 valence electrons. The van der Waals surface area contributed by atoms with Crippen LogP contribution in [0.3, 0.4) is 0 Å². The third kappa shape index (κ3) is 12.5. The number of aromatic nitrogens is 2. The fourth-order valence-corrected chi connectivity index (χ4v) is 6.04. The van der Waals surface area contributed by atoms with Crippen molar-refractivity contribution in [2.75, 3.05) is 6.61 Å². The van der Waals surface area contributed by atoms with Crippen molar-refractivity contribution in [2.45, 2.75) is 109 Å². The summed E-state index contributed by atoms with van der Waals surface area (Å²) in [5.41, 5.74) is 4.62. The summed E-state index contributed by atoms with van der Waals surface area (Å²) in [6, 6.07) is 19.8. The van der Waals surface area contributed by atoms with E-state index in [-0.39, 0.29) is 17.9 Å². The van der Waals surface area contributed by atoms with Crippen molar-refractivity contribution >= 4 is 23.7 Å². The molecule has 2 atom stereocenters. The maximum absolute atomic E-state index is 13.6. The Morgan fingerprint density at radius 1 is 0.782 bits per heavy atom. The summed E-state index contributed by atoms with van der Waals surface area (Å²) < 4.78 is 5.89. The number of hydrogen-bond donors (Lipinski definition) is 4. The molecule has 1 fully saturated rings. The second-order valence-electron chi connectivity index (χ2n) is 15.3. The minimum Gasteiger partial charge on any atom is -0.494 e. The summed E-state index contributed by atoms with van der Waals surface area (Å²) >= 11 is 0. The van der Waals surface area contributed by atoms with Crippen LogP contribution in [0.25, 0.3) is 22.5 Å². The van der Waals surface area contributed by atoms with Crippen LogP contribution in [0.15, 0.2) is 85.2 Å². The van der Waals surface area contributed by atoms with Gasteiger partial charge < -0.3 is 25.8 Å². The van der Waals surface area contributed by atoms with Crippen molar-refractivity contribution in [1.82, 2.24) is 25.9 Å². The summed E-state index contributed by atoms with van der Waals surface area (Å²) in [7, 11) is 0. The van der Waals surface area contributed by atoms with Crippen molar-refractivity contribution in [3.05, 3.63) is 102 Å². The predicted octanol–water partition coefficient (Wildman–Crippen LogP) is 7.04. The molecule has 3 aromatic carbocycles. The lowest BCUT2D eigenvalue weighted by atomic mass is 9.86. The van der Waals surface area contributed by atoms with Crippen LogP contribution in [0, 0.1) is 0 Å². The third-order valence-electron chi connectivity index (χ3n) is 9.59. The Morgan fingerprint density at radius 2 is 1.42 bits per heavy atom. The molecule has 3 amide bonds. The van der Waals surface area contributed by atoms with Gasteiger partial charge in [0.25, 0.3) is 5.91 Å². The lowest BCUT2D eigenvalue weighted by Gasteiger charge is -2.22. The van der Waals surface area contributed by atoms with E-state index in [1.54, 1.807) is 24.5 Å². The van der Waals surface area contributed by atoms with Gasteiger partial charge in [-0.1, -0.05) is 102 Å². The fourth-order valence-electron chi connectivity index (χ4n) is 6.04. The molecule has 1 aromatic heterocycles. The second-order valence-corrected chi connectivity index (χ2v) is 15.3. The van der Waals surface area contributed by atoms with Gasteiger partial charge in [-0.15, -0.1) is 0 Å². The first kappa shape index (κ1) is 40.6. The van der Waals surface area contributed by atoms with Gasteiger partial charge in [0.05, 0.1) is 13.0 Å². The Morgan fingerprint density at radius 3 is 2.02 bits per heavy atom.